The highest BCUT2D eigenvalue weighted by Crippen LogP contribution is 2.46. The smallest absolute Gasteiger partial charge is 0.418 e. The van der Waals surface area contributed by atoms with Crippen LogP contribution in [0, 0.1) is 0 Å². The van der Waals surface area contributed by atoms with E-state index in [1.165, 1.54) is 33.2 Å². The first-order chi connectivity index (χ1) is 16.7. The summed E-state index contributed by atoms with van der Waals surface area (Å²) in [5, 5.41) is 2.69. The van der Waals surface area contributed by atoms with Crippen molar-refractivity contribution in [2.24, 2.45) is 0 Å². The van der Waals surface area contributed by atoms with Crippen molar-refractivity contribution >= 4 is 29.9 Å². The fourth-order valence-electron chi connectivity index (χ4n) is 5.60. The van der Waals surface area contributed by atoms with Gasteiger partial charge in [0.25, 0.3) is 0 Å². The van der Waals surface area contributed by atoms with Gasteiger partial charge in [-0.25, -0.2) is 0 Å². The Hall–Kier alpha value is -2.63. The largest absolute Gasteiger partial charge is 0.673 e. The lowest BCUT2D eigenvalue weighted by Crippen LogP contribution is -2.32. The summed E-state index contributed by atoms with van der Waals surface area (Å²) < 4.78 is 41.6. The summed E-state index contributed by atoms with van der Waals surface area (Å²) in [5.74, 6) is 0. The number of rotatable bonds is 2. The average molecular weight is 513 g/mol. The van der Waals surface area contributed by atoms with Gasteiger partial charge >= 0.3 is 7.25 Å². The van der Waals surface area contributed by atoms with E-state index >= 15 is 0 Å². The van der Waals surface area contributed by atoms with Crippen molar-refractivity contribution in [2.75, 3.05) is 0 Å². The highest BCUT2D eigenvalue weighted by molar-refractivity contribution is 6.50. The van der Waals surface area contributed by atoms with Gasteiger partial charge in [0.2, 0.25) is 5.69 Å². The highest BCUT2D eigenvalue weighted by Gasteiger charge is 2.50. The molecule has 0 N–H and O–H groups in total. The number of nitrogens with zero attached hydrogens (tertiary/aromatic N) is 1. The van der Waals surface area contributed by atoms with Crippen LogP contribution in [0.2, 0.25) is 0 Å². The Morgan fingerprint density at radius 1 is 0.757 bits per heavy atom. The van der Waals surface area contributed by atoms with Gasteiger partial charge in [-0.2, -0.15) is 4.58 Å². The number of benzene rings is 3. The van der Waals surface area contributed by atoms with E-state index in [0.29, 0.717) is 0 Å². The van der Waals surface area contributed by atoms with Crippen molar-refractivity contribution < 1.29 is 21.8 Å². The minimum absolute atomic E-state index is 0.0161. The van der Waals surface area contributed by atoms with Crippen LogP contribution < -0.4 is 0 Å². The lowest BCUT2D eigenvalue weighted by Gasteiger charge is -2.27. The second kappa shape index (κ2) is 9.60. The third-order valence-electron chi connectivity index (χ3n) is 7.20. The molecule has 6 heteroatoms. The van der Waals surface area contributed by atoms with E-state index in [1.54, 1.807) is 0 Å². The monoisotopic (exact) mass is 513 g/mol. The zero-order chi connectivity index (χ0) is 28.0. The number of fused-ring (bicyclic) bond motifs is 1. The Balaban J connectivity index is 0.000000695. The van der Waals surface area contributed by atoms with Crippen LogP contribution in [0.4, 0.5) is 23.0 Å². The van der Waals surface area contributed by atoms with Gasteiger partial charge in [0.15, 0.2) is 11.8 Å². The maximum Gasteiger partial charge on any atom is 0.673 e. The van der Waals surface area contributed by atoms with Crippen LogP contribution >= 0.6 is 0 Å². The summed E-state index contributed by atoms with van der Waals surface area (Å²) in [6.45, 7) is 21.1. The van der Waals surface area contributed by atoms with E-state index in [2.05, 4.69) is 134 Å². The van der Waals surface area contributed by atoms with Crippen molar-refractivity contribution in [3.8, 4) is 0 Å². The first-order valence-electron chi connectivity index (χ1n) is 12.9. The maximum atomic E-state index is 9.75. The summed E-state index contributed by atoms with van der Waals surface area (Å²) >= 11 is 0. The van der Waals surface area contributed by atoms with E-state index in [4.69, 9.17) is 0 Å². The van der Waals surface area contributed by atoms with Gasteiger partial charge in [-0.05, 0) is 39.7 Å². The summed E-state index contributed by atoms with van der Waals surface area (Å²) in [5.41, 5.74) is 5.77. The Labute approximate surface area is 219 Å². The summed E-state index contributed by atoms with van der Waals surface area (Å²) in [4.78, 5) is 0. The highest BCUT2D eigenvalue weighted by atomic mass is 19.5. The molecule has 1 aliphatic rings. The molecule has 0 spiro atoms. The van der Waals surface area contributed by atoms with Crippen LogP contribution in [0.5, 0.6) is 0 Å². The number of halogens is 4. The van der Waals surface area contributed by atoms with Gasteiger partial charge in [0.1, 0.15) is 0 Å². The average Bonchev–Trinajstić information content (AvgIpc) is 3.00. The van der Waals surface area contributed by atoms with Crippen LogP contribution in [0.15, 0.2) is 60.7 Å². The molecule has 1 atom stereocenters. The Morgan fingerprint density at radius 2 is 1.32 bits per heavy atom. The molecule has 1 aliphatic heterocycles. The molecule has 0 fully saturated rings. The lowest BCUT2D eigenvalue weighted by molar-refractivity contribution is -0.512. The molecule has 1 heterocycles. The quantitative estimate of drug-likeness (QED) is 0.182. The van der Waals surface area contributed by atoms with Crippen LogP contribution in [-0.4, -0.2) is 23.6 Å². The normalized spacial score (nSPS) is 19.9. The molecule has 0 saturated heterocycles. The molecular weight excluding hydrogens is 473 g/mol. The first-order valence-corrected chi connectivity index (χ1v) is 12.9. The van der Waals surface area contributed by atoms with Gasteiger partial charge in [-0.3, -0.25) is 0 Å². The molecule has 200 valence electrons. The van der Waals surface area contributed by atoms with E-state index in [0.717, 1.165) is 6.42 Å². The fraction of sp³-hybridized carbons (Fsp3) is 0.452. The van der Waals surface area contributed by atoms with Gasteiger partial charge < -0.3 is 17.3 Å². The van der Waals surface area contributed by atoms with Crippen LogP contribution in [0.3, 0.4) is 0 Å². The summed E-state index contributed by atoms with van der Waals surface area (Å²) in [7, 11) is -6.00. The van der Waals surface area contributed by atoms with Crippen molar-refractivity contribution in [1.82, 2.24) is 0 Å². The van der Waals surface area contributed by atoms with Crippen LogP contribution in [0.1, 0.15) is 85.4 Å². The number of hydrogen-bond donors (Lipinski definition) is 0. The van der Waals surface area contributed by atoms with Gasteiger partial charge in [0.05, 0.1) is 5.41 Å². The Bertz CT molecular complexity index is 1300. The molecule has 4 rings (SSSR count). The van der Waals surface area contributed by atoms with E-state index in [-0.39, 0.29) is 21.8 Å². The molecule has 0 amide bonds. The molecule has 0 saturated carbocycles. The second-order valence-corrected chi connectivity index (χ2v) is 13.2. The Kier molecular flexibility index (Phi) is 7.51. The third kappa shape index (κ3) is 6.63. The van der Waals surface area contributed by atoms with Crippen LogP contribution in [-0.2, 0) is 16.2 Å². The van der Waals surface area contributed by atoms with Gasteiger partial charge in [-0.1, -0.05) is 96.1 Å². The molecule has 1 unspecified atom stereocenters. The van der Waals surface area contributed by atoms with Crippen molar-refractivity contribution in [3.05, 3.63) is 77.4 Å². The zero-order valence-electron chi connectivity index (χ0n) is 23.6. The molecule has 0 bridgehead atoms. The Morgan fingerprint density at radius 3 is 1.89 bits per heavy atom. The van der Waals surface area contributed by atoms with E-state index < -0.39 is 7.25 Å². The molecule has 1 nitrogen and oxygen atoms in total. The van der Waals surface area contributed by atoms with Crippen LogP contribution in [0.25, 0.3) is 10.8 Å². The summed E-state index contributed by atoms with van der Waals surface area (Å²) in [6, 6.07) is 22.7. The molecule has 0 radical (unpaired) electrons. The van der Waals surface area contributed by atoms with Crippen molar-refractivity contribution in [2.45, 2.75) is 90.5 Å². The fourth-order valence-corrected chi connectivity index (χ4v) is 5.60. The predicted molar refractivity (Wildman–Crippen MR) is 150 cm³/mol. The minimum Gasteiger partial charge on any atom is -0.418 e. The SMILES string of the molecule is CC(C)(C)c1ccc(C(C)(C)C)c([N+]2=CC(C)(c3cccc4ccccc34)CC2(C)C)c1.F[B-](F)(F)F. The molecule has 0 aromatic heterocycles. The molecule has 37 heavy (non-hydrogen) atoms. The van der Waals surface area contributed by atoms with E-state index in [9.17, 15) is 17.3 Å². The van der Waals surface area contributed by atoms with E-state index in [1.807, 2.05) is 0 Å². The summed E-state index contributed by atoms with van der Waals surface area (Å²) in [6.07, 6.45) is 3.60. The third-order valence-corrected chi connectivity index (χ3v) is 7.20. The predicted octanol–water partition coefficient (Wildman–Crippen LogP) is 9.59. The van der Waals surface area contributed by atoms with Gasteiger partial charge in [-0.15, -0.1) is 0 Å². The minimum atomic E-state index is -6.00. The molecular formula is C31H40BF4N. The second-order valence-electron chi connectivity index (χ2n) is 13.2. The topological polar surface area (TPSA) is 3.01 Å². The van der Waals surface area contributed by atoms with Crippen molar-refractivity contribution in [3.63, 3.8) is 0 Å². The first kappa shape index (κ1) is 28.9. The van der Waals surface area contributed by atoms with Gasteiger partial charge in [0, 0.05) is 31.9 Å². The molecule has 3 aromatic rings. The molecule has 3 aromatic carbocycles. The molecule has 0 aliphatic carbocycles. The van der Waals surface area contributed by atoms with Crippen molar-refractivity contribution in [1.29, 1.82) is 0 Å². The zero-order valence-corrected chi connectivity index (χ0v) is 23.6. The number of hydrogen-bond acceptors (Lipinski definition) is 0. The maximum absolute atomic E-state index is 9.75. The lowest BCUT2D eigenvalue weighted by atomic mass is 9.75. The standard InChI is InChI=1S/C31H40N.BF4/c1-28(2,3)23-17-18-26(29(4,5)6)27(19-23)32-21-31(9,20-30(32,7)8)25-16-12-14-22-13-10-11-15-24(22)25;2-1(3,4)5/h10-19,21H,20H2,1-9H3;/q+1;-1.